The quantitative estimate of drug-likeness (QED) is 0.746. The van der Waals surface area contributed by atoms with Gasteiger partial charge in [-0.2, -0.15) is 5.10 Å². The molecule has 0 fully saturated rings. The minimum Gasteiger partial charge on any atom is -0.361 e. The Hall–Kier alpha value is -1.51. The molecule has 1 aromatic carbocycles. The van der Waals surface area contributed by atoms with Crippen molar-refractivity contribution < 1.29 is 0 Å². The van der Waals surface area contributed by atoms with Crippen molar-refractivity contribution in [2.75, 3.05) is 19.0 Å². The predicted molar refractivity (Wildman–Crippen MR) is 59.9 cm³/mol. The zero-order valence-electron chi connectivity index (χ0n) is 9.05. The number of nitrogens with one attached hydrogen (secondary N) is 1. The van der Waals surface area contributed by atoms with Gasteiger partial charge in [-0.05, 0) is 31.0 Å². The maximum absolute atomic E-state index is 4.30. The van der Waals surface area contributed by atoms with Crippen LogP contribution in [0.2, 0.25) is 0 Å². The van der Waals surface area contributed by atoms with Crippen molar-refractivity contribution in [3.05, 3.63) is 23.3 Å². The van der Waals surface area contributed by atoms with Crippen molar-refractivity contribution in [3.8, 4) is 0 Å². The number of H-pyrrole nitrogens is 1. The van der Waals surface area contributed by atoms with Crippen LogP contribution in [-0.4, -0.2) is 24.3 Å². The summed E-state index contributed by atoms with van der Waals surface area (Å²) in [7, 11) is 4.02. The molecule has 1 aromatic heterocycles. The summed E-state index contributed by atoms with van der Waals surface area (Å²) < 4.78 is 0. The minimum absolute atomic E-state index is 1.02. The lowest BCUT2D eigenvalue weighted by Crippen LogP contribution is -2.09. The fraction of sp³-hybridized carbons (Fsp3) is 0.364. The molecule has 0 saturated carbocycles. The molecule has 0 saturated heterocycles. The number of nitrogens with zero attached hydrogens (tertiary/aromatic N) is 2. The number of aromatic nitrogens is 2. The summed E-state index contributed by atoms with van der Waals surface area (Å²) >= 11 is 0. The van der Waals surface area contributed by atoms with E-state index in [0.29, 0.717) is 0 Å². The molecule has 0 amide bonds. The highest BCUT2D eigenvalue weighted by Gasteiger charge is 2.10. The third-order valence-corrected chi connectivity index (χ3v) is 2.67. The van der Waals surface area contributed by atoms with Gasteiger partial charge in [0.15, 0.2) is 5.82 Å². The van der Waals surface area contributed by atoms with Gasteiger partial charge in [0.2, 0.25) is 0 Å². The van der Waals surface area contributed by atoms with Gasteiger partial charge in [-0.15, -0.1) is 0 Å². The lowest BCUT2D eigenvalue weighted by atomic mass is 10.1. The molecule has 0 radical (unpaired) electrons. The summed E-state index contributed by atoms with van der Waals surface area (Å²) in [6.07, 6.45) is 0. The Labute approximate surface area is 83.7 Å². The molecular weight excluding hydrogens is 174 g/mol. The summed E-state index contributed by atoms with van der Waals surface area (Å²) in [6.45, 7) is 4.27. The van der Waals surface area contributed by atoms with Gasteiger partial charge in [-0.3, -0.25) is 5.10 Å². The first-order chi connectivity index (χ1) is 6.61. The molecule has 2 rings (SSSR count). The first kappa shape index (κ1) is 9.06. The lowest BCUT2D eigenvalue weighted by Gasteiger charge is -2.10. The molecule has 74 valence electrons. The van der Waals surface area contributed by atoms with E-state index in [2.05, 4.69) is 36.2 Å². The number of fused-ring (bicyclic) bond motifs is 1. The molecule has 3 nitrogen and oxygen atoms in total. The summed E-state index contributed by atoms with van der Waals surface area (Å²) in [5, 5.41) is 8.58. The van der Waals surface area contributed by atoms with Crippen LogP contribution in [0.3, 0.4) is 0 Å². The van der Waals surface area contributed by atoms with Crippen LogP contribution < -0.4 is 4.90 Å². The van der Waals surface area contributed by atoms with Crippen LogP contribution in [0.5, 0.6) is 0 Å². The molecular formula is C11H15N3. The highest BCUT2D eigenvalue weighted by Crippen LogP contribution is 2.27. The van der Waals surface area contributed by atoms with E-state index in [1.807, 2.05) is 19.0 Å². The van der Waals surface area contributed by atoms with Gasteiger partial charge in [0.1, 0.15) is 0 Å². The number of aromatic amines is 1. The molecule has 0 bridgehead atoms. The van der Waals surface area contributed by atoms with Crippen molar-refractivity contribution in [2.24, 2.45) is 0 Å². The highest BCUT2D eigenvalue weighted by atomic mass is 15.2. The third-order valence-electron chi connectivity index (χ3n) is 2.67. The fourth-order valence-electron chi connectivity index (χ4n) is 1.69. The molecule has 0 aliphatic carbocycles. The van der Waals surface area contributed by atoms with E-state index < -0.39 is 0 Å². The van der Waals surface area contributed by atoms with Crippen LogP contribution in [0, 0.1) is 13.8 Å². The van der Waals surface area contributed by atoms with Crippen LogP contribution in [0.25, 0.3) is 10.9 Å². The SMILES string of the molecule is Cc1ccc2[nH]nc(N(C)C)c2c1C. The topological polar surface area (TPSA) is 31.9 Å². The Kier molecular flexibility index (Phi) is 1.95. The van der Waals surface area contributed by atoms with Crippen LogP contribution in [0.4, 0.5) is 5.82 Å². The molecule has 0 atom stereocenters. The van der Waals surface area contributed by atoms with Gasteiger partial charge in [-0.25, -0.2) is 0 Å². The van der Waals surface area contributed by atoms with Gasteiger partial charge >= 0.3 is 0 Å². The smallest absolute Gasteiger partial charge is 0.158 e. The Balaban J connectivity index is 2.82. The highest BCUT2D eigenvalue weighted by molar-refractivity contribution is 5.93. The van der Waals surface area contributed by atoms with Crippen LogP contribution in [-0.2, 0) is 0 Å². The Morgan fingerprint density at radius 3 is 2.57 bits per heavy atom. The zero-order valence-corrected chi connectivity index (χ0v) is 9.05. The number of benzene rings is 1. The zero-order chi connectivity index (χ0) is 10.3. The molecule has 0 aliphatic heterocycles. The van der Waals surface area contributed by atoms with E-state index in [0.717, 1.165) is 11.3 Å². The third kappa shape index (κ3) is 1.16. The predicted octanol–water partition coefficient (Wildman–Crippen LogP) is 2.25. The van der Waals surface area contributed by atoms with Gasteiger partial charge in [0.25, 0.3) is 0 Å². The molecule has 14 heavy (non-hydrogen) atoms. The summed E-state index contributed by atoms with van der Waals surface area (Å²) in [4.78, 5) is 2.03. The maximum atomic E-state index is 4.30. The first-order valence-corrected chi connectivity index (χ1v) is 4.73. The number of hydrogen-bond donors (Lipinski definition) is 1. The molecule has 1 heterocycles. The van der Waals surface area contributed by atoms with E-state index in [1.54, 1.807) is 0 Å². The van der Waals surface area contributed by atoms with Crippen LogP contribution >= 0.6 is 0 Å². The average Bonchev–Trinajstić information content (AvgIpc) is 2.55. The minimum atomic E-state index is 1.02. The van der Waals surface area contributed by atoms with E-state index in [4.69, 9.17) is 0 Å². The lowest BCUT2D eigenvalue weighted by molar-refractivity contribution is 1.02. The average molecular weight is 189 g/mol. The van der Waals surface area contributed by atoms with Crippen molar-refractivity contribution in [2.45, 2.75) is 13.8 Å². The summed E-state index contributed by atoms with van der Waals surface area (Å²) in [5.41, 5.74) is 3.72. The van der Waals surface area contributed by atoms with Crippen LogP contribution in [0.15, 0.2) is 12.1 Å². The van der Waals surface area contributed by atoms with E-state index >= 15 is 0 Å². The van der Waals surface area contributed by atoms with Crippen molar-refractivity contribution >= 4 is 16.7 Å². The van der Waals surface area contributed by atoms with E-state index in [1.165, 1.54) is 16.5 Å². The standard InChI is InChI=1S/C11H15N3/c1-7-5-6-9-10(8(7)2)11(13-12-9)14(3)4/h5-6H,1-4H3,(H,12,13). The van der Waals surface area contributed by atoms with Crippen molar-refractivity contribution in [3.63, 3.8) is 0 Å². The molecule has 3 heteroatoms. The van der Waals surface area contributed by atoms with Crippen molar-refractivity contribution in [1.29, 1.82) is 0 Å². The van der Waals surface area contributed by atoms with Crippen LogP contribution in [0.1, 0.15) is 11.1 Å². The van der Waals surface area contributed by atoms with Gasteiger partial charge in [0, 0.05) is 19.5 Å². The second-order valence-corrected chi connectivity index (χ2v) is 3.87. The Morgan fingerprint density at radius 1 is 1.21 bits per heavy atom. The molecule has 1 N–H and O–H groups in total. The van der Waals surface area contributed by atoms with E-state index in [-0.39, 0.29) is 0 Å². The molecule has 2 aromatic rings. The molecule has 0 spiro atoms. The largest absolute Gasteiger partial charge is 0.361 e. The van der Waals surface area contributed by atoms with Crippen molar-refractivity contribution in [1.82, 2.24) is 10.2 Å². The number of anilines is 1. The van der Waals surface area contributed by atoms with Gasteiger partial charge in [0.05, 0.1) is 5.52 Å². The first-order valence-electron chi connectivity index (χ1n) is 4.73. The number of aryl methyl sites for hydroxylation is 2. The molecule has 0 aliphatic rings. The second-order valence-electron chi connectivity index (χ2n) is 3.87. The Morgan fingerprint density at radius 2 is 1.93 bits per heavy atom. The second kappa shape index (κ2) is 3.01. The summed E-state index contributed by atoms with van der Waals surface area (Å²) in [6, 6.07) is 4.20. The molecule has 0 unspecified atom stereocenters. The van der Waals surface area contributed by atoms with Gasteiger partial charge < -0.3 is 4.90 Å². The number of hydrogen-bond acceptors (Lipinski definition) is 2. The maximum Gasteiger partial charge on any atom is 0.158 e. The normalized spacial score (nSPS) is 10.9. The monoisotopic (exact) mass is 189 g/mol. The number of rotatable bonds is 1. The summed E-state index contributed by atoms with van der Waals surface area (Å²) in [5.74, 6) is 1.02. The van der Waals surface area contributed by atoms with Gasteiger partial charge in [-0.1, -0.05) is 6.07 Å². The van der Waals surface area contributed by atoms with E-state index in [9.17, 15) is 0 Å². The fourth-order valence-corrected chi connectivity index (χ4v) is 1.69. The Bertz CT molecular complexity index is 469.